The number of esters is 1. The molecule has 1 unspecified atom stereocenters. The summed E-state index contributed by atoms with van der Waals surface area (Å²) in [5.74, 6) is -0.0478. The van der Waals surface area contributed by atoms with Crippen molar-refractivity contribution < 1.29 is 9.53 Å². The van der Waals surface area contributed by atoms with Crippen molar-refractivity contribution >= 4 is 28.5 Å². The Kier molecular flexibility index (Phi) is 4.27. The molecule has 0 saturated carbocycles. The van der Waals surface area contributed by atoms with Gasteiger partial charge < -0.3 is 9.30 Å². The Balaban J connectivity index is 1.73. The van der Waals surface area contributed by atoms with Crippen LogP contribution in [0.4, 0.5) is 0 Å². The van der Waals surface area contributed by atoms with E-state index in [0.29, 0.717) is 18.2 Å². The number of para-hydroxylation sites is 1. The normalized spacial score (nSPS) is 25.9. The van der Waals surface area contributed by atoms with Gasteiger partial charge in [-0.05, 0) is 50.2 Å². The van der Waals surface area contributed by atoms with E-state index in [2.05, 4.69) is 59.8 Å². The average Bonchev–Trinajstić information content (AvgIpc) is 3.31. The second kappa shape index (κ2) is 6.61. The zero-order chi connectivity index (χ0) is 20.3. The molecule has 3 atom stereocenters. The Hall–Kier alpha value is -2.30. The van der Waals surface area contributed by atoms with Crippen molar-refractivity contribution in [2.24, 2.45) is 5.41 Å². The first kappa shape index (κ1) is 18.7. The van der Waals surface area contributed by atoms with Crippen LogP contribution in [0.15, 0.2) is 48.5 Å². The van der Waals surface area contributed by atoms with Crippen LogP contribution in [0.3, 0.4) is 0 Å². The number of carbonyl (C=O) groups excluding carboxylic acids is 1. The third kappa shape index (κ3) is 2.45. The third-order valence-electron chi connectivity index (χ3n) is 6.90. The molecule has 0 spiro atoms. The third-order valence-corrected chi connectivity index (χ3v) is 7.15. The SMILES string of the molecule is CCOC(=O)C12Cn3c(c(C)c4ccccc43)[C@@H]1N(C)C[C@@H]2c1ccc(Cl)cc1. The standard InChI is InChI=1S/C24H25ClN2O2/c1-4-29-23(28)24-14-27-20-8-6-5-7-18(20)15(2)21(27)22(24)26(3)13-19(24)16-9-11-17(25)12-10-16/h5-12,19,22H,4,13-14H2,1-3H3/t19-,22+,24?/m1/s1. The van der Waals surface area contributed by atoms with Crippen LogP contribution in [0.25, 0.3) is 10.9 Å². The molecule has 3 aromatic rings. The fourth-order valence-electron chi connectivity index (χ4n) is 5.75. The lowest BCUT2D eigenvalue weighted by Gasteiger charge is -2.33. The first-order chi connectivity index (χ1) is 14.0. The largest absolute Gasteiger partial charge is 0.465 e. The number of aromatic nitrogens is 1. The van der Waals surface area contributed by atoms with E-state index in [1.807, 2.05) is 19.1 Å². The summed E-state index contributed by atoms with van der Waals surface area (Å²) in [6.07, 6.45) is 0. The van der Waals surface area contributed by atoms with Crippen LogP contribution >= 0.6 is 11.6 Å². The summed E-state index contributed by atoms with van der Waals surface area (Å²) in [6, 6.07) is 16.4. The van der Waals surface area contributed by atoms with E-state index in [1.54, 1.807) is 0 Å². The van der Waals surface area contributed by atoms with Crippen LogP contribution in [0.1, 0.15) is 35.7 Å². The number of halogens is 1. The molecule has 5 heteroatoms. The van der Waals surface area contributed by atoms with Gasteiger partial charge in [-0.1, -0.05) is 41.9 Å². The molecule has 3 heterocycles. The van der Waals surface area contributed by atoms with E-state index < -0.39 is 5.41 Å². The Morgan fingerprint density at radius 1 is 1.21 bits per heavy atom. The Labute approximate surface area is 176 Å². The molecule has 0 aliphatic carbocycles. The highest BCUT2D eigenvalue weighted by Crippen LogP contribution is 2.61. The molecular formula is C24H25ClN2O2. The fourth-order valence-corrected chi connectivity index (χ4v) is 5.88. The quantitative estimate of drug-likeness (QED) is 0.576. The summed E-state index contributed by atoms with van der Waals surface area (Å²) in [6.45, 7) is 5.90. The van der Waals surface area contributed by atoms with Crippen LogP contribution in [0.5, 0.6) is 0 Å². The van der Waals surface area contributed by atoms with Crippen molar-refractivity contribution in [3.05, 3.63) is 70.4 Å². The Bertz CT molecular complexity index is 1100. The molecule has 1 saturated heterocycles. The Morgan fingerprint density at radius 2 is 1.93 bits per heavy atom. The first-order valence-corrected chi connectivity index (χ1v) is 10.6. The fraction of sp³-hybridized carbons (Fsp3) is 0.375. The molecule has 2 aliphatic rings. The highest BCUT2D eigenvalue weighted by atomic mass is 35.5. The van der Waals surface area contributed by atoms with Gasteiger partial charge in [0.05, 0.1) is 12.6 Å². The molecule has 0 radical (unpaired) electrons. The maximum absolute atomic E-state index is 13.6. The van der Waals surface area contributed by atoms with E-state index in [4.69, 9.17) is 16.3 Å². The molecule has 0 N–H and O–H groups in total. The molecule has 0 bridgehead atoms. The van der Waals surface area contributed by atoms with Crippen molar-refractivity contribution in [3.63, 3.8) is 0 Å². The summed E-state index contributed by atoms with van der Waals surface area (Å²) < 4.78 is 8.05. The minimum Gasteiger partial charge on any atom is -0.465 e. The number of aryl methyl sites for hydroxylation is 1. The number of rotatable bonds is 3. The smallest absolute Gasteiger partial charge is 0.316 e. The van der Waals surface area contributed by atoms with Crippen molar-refractivity contribution in [3.8, 4) is 0 Å². The van der Waals surface area contributed by atoms with Crippen LogP contribution in [0.2, 0.25) is 5.02 Å². The van der Waals surface area contributed by atoms with E-state index in [9.17, 15) is 4.79 Å². The summed E-state index contributed by atoms with van der Waals surface area (Å²) in [5, 5.41) is 1.98. The number of benzene rings is 2. The van der Waals surface area contributed by atoms with E-state index in [1.165, 1.54) is 22.2 Å². The lowest BCUT2D eigenvalue weighted by Crippen LogP contribution is -2.40. The minimum atomic E-state index is -0.636. The van der Waals surface area contributed by atoms with Crippen LogP contribution in [0, 0.1) is 12.3 Å². The number of likely N-dealkylation sites (tertiary alicyclic amines) is 1. The molecule has 0 amide bonds. The number of hydrogen-bond acceptors (Lipinski definition) is 3. The number of carbonyl (C=O) groups is 1. The maximum Gasteiger partial charge on any atom is 0.316 e. The van der Waals surface area contributed by atoms with Crippen molar-refractivity contribution in [2.45, 2.75) is 32.4 Å². The summed E-state index contributed by atoms with van der Waals surface area (Å²) in [4.78, 5) is 15.9. The van der Waals surface area contributed by atoms with E-state index in [0.717, 1.165) is 12.1 Å². The molecule has 29 heavy (non-hydrogen) atoms. The molecule has 1 aromatic heterocycles. The number of fused-ring (bicyclic) bond motifs is 5. The monoisotopic (exact) mass is 408 g/mol. The molecule has 2 aliphatic heterocycles. The van der Waals surface area contributed by atoms with Crippen molar-refractivity contribution in [1.29, 1.82) is 0 Å². The second-order valence-corrected chi connectivity index (χ2v) is 8.76. The first-order valence-electron chi connectivity index (χ1n) is 10.2. The number of hydrogen-bond donors (Lipinski definition) is 0. The van der Waals surface area contributed by atoms with Gasteiger partial charge >= 0.3 is 5.97 Å². The van der Waals surface area contributed by atoms with E-state index >= 15 is 0 Å². The summed E-state index contributed by atoms with van der Waals surface area (Å²) in [7, 11) is 2.13. The number of ether oxygens (including phenoxy) is 1. The molecule has 1 fully saturated rings. The summed E-state index contributed by atoms with van der Waals surface area (Å²) >= 11 is 6.14. The molecular weight excluding hydrogens is 384 g/mol. The van der Waals surface area contributed by atoms with Gasteiger partial charge in [0.15, 0.2) is 0 Å². The average molecular weight is 409 g/mol. The molecule has 4 nitrogen and oxygen atoms in total. The zero-order valence-electron chi connectivity index (χ0n) is 17.0. The number of nitrogens with zero attached hydrogens (tertiary/aromatic N) is 2. The lowest BCUT2D eigenvalue weighted by molar-refractivity contribution is -0.157. The summed E-state index contributed by atoms with van der Waals surface area (Å²) in [5.41, 5.74) is 4.22. The van der Waals surface area contributed by atoms with Crippen LogP contribution < -0.4 is 0 Å². The van der Waals surface area contributed by atoms with Crippen LogP contribution in [-0.2, 0) is 16.1 Å². The maximum atomic E-state index is 13.6. The highest BCUT2D eigenvalue weighted by molar-refractivity contribution is 6.30. The van der Waals surface area contributed by atoms with Crippen molar-refractivity contribution in [1.82, 2.24) is 9.47 Å². The second-order valence-electron chi connectivity index (χ2n) is 8.32. The van der Waals surface area contributed by atoms with Gasteiger partial charge in [0.2, 0.25) is 0 Å². The number of likely N-dealkylation sites (N-methyl/N-ethyl adjacent to an activating group) is 1. The van der Waals surface area contributed by atoms with Gasteiger partial charge in [0.25, 0.3) is 0 Å². The van der Waals surface area contributed by atoms with Gasteiger partial charge in [-0.3, -0.25) is 9.69 Å². The van der Waals surface area contributed by atoms with Gasteiger partial charge in [-0.15, -0.1) is 0 Å². The predicted molar refractivity (Wildman–Crippen MR) is 115 cm³/mol. The molecule has 5 rings (SSSR count). The minimum absolute atomic E-state index is 0.00497. The topological polar surface area (TPSA) is 34.5 Å². The highest BCUT2D eigenvalue weighted by Gasteiger charge is 2.64. The van der Waals surface area contributed by atoms with Gasteiger partial charge in [-0.25, -0.2) is 0 Å². The van der Waals surface area contributed by atoms with Gasteiger partial charge in [0, 0.05) is 40.6 Å². The Morgan fingerprint density at radius 3 is 2.66 bits per heavy atom. The van der Waals surface area contributed by atoms with Gasteiger partial charge in [-0.2, -0.15) is 0 Å². The van der Waals surface area contributed by atoms with E-state index in [-0.39, 0.29) is 17.9 Å². The zero-order valence-corrected chi connectivity index (χ0v) is 17.7. The molecule has 2 aromatic carbocycles. The van der Waals surface area contributed by atoms with Crippen LogP contribution in [-0.4, -0.2) is 35.6 Å². The van der Waals surface area contributed by atoms with Gasteiger partial charge in [0.1, 0.15) is 5.41 Å². The lowest BCUT2D eigenvalue weighted by atomic mass is 9.70. The van der Waals surface area contributed by atoms with Crippen molar-refractivity contribution in [2.75, 3.05) is 20.2 Å². The predicted octanol–water partition coefficient (Wildman–Crippen LogP) is 4.94. The molecule has 150 valence electrons.